The molecule has 144 valence electrons. The summed E-state index contributed by atoms with van der Waals surface area (Å²) in [7, 11) is 0. The highest BCUT2D eigenvalue weighted by atomic mass is 35.5. The van der Waals surface area contributed by atoms with Crippen LogP contribution in [0.25, 0.3) is 16.9 Å². The van der Waals surface area contributed by atoms with Gasteiger partial charge in [-0.05, 0) is 42.5 Å². The van der Waals surface area contributed by atoms with E-state index >= 15 is 0 Å². The van der Waals surface area contributed by atoms with Crippen molar-refractivity contribution in [3.63, 3.8) is 0 Å². The van der Waals surface area contributed by atoms with E-state index in [0.29, 0.717) is 22.5 Å². The summed E-state index contributed by atoms with van der Waals surface area (Å²) < 4.78 is 15.4. The van der Waals surface area contributed by atoms with Gasteiger partial charge in [-0.1, -0.05) is 17.7 Å². The molecule has 0 aliphatic carbocycles. The maximum Gasteiger partial charge on any atom is 0.276 e. The van der Waals surface area contributed by atoms with Gasteiger partial charge in [0.05, 0.1) is 29.7 Å². The molecular weight excluding hydrogens is 397 g/mol. The Balaban J connectivity index is 1.85. The predicted octanol–water partition coefficient (Wildman–Crippen LogP) is 2.73. The van der Waals surface area contributed by atoms with Gasteiger partial charge in [0.15, 0.2) is 5.69 Å². The van der Waals surface area contributed by atoms with Crippen LogP contribution in [0.5, 0.6) is 0 Å². The van der Waals surface area contributed by atoms with Crippen molar-refractivity contribution >= 4 is 23.4 Å². The standard InChI is InChI=1S/C20H13ClFN5O2/c21-14-5-13(6-15(22)7-14)18-8-17(20(29)26-10-19(28)24-11-26)25-27(18)16-3-1-2-12(4-16)9-23/h1-8H,10-11H2,(H,24,28). The summed E-state index contributed by atoms with van der Waals surface area (Å²) in [6.45, 7) is 0.0340. The van der Waals surface area contributed by atoms with Gasteiger partial charge in [-0.2, -0.15) is 10.4 Å². The number of hydrogen-bond acceptors (Lipinski definition) is 4. The fourth-order valence-electron chi connectivity index (χ4n) is 3.07. The van der Waals surface area contributed by atoms with Crippen LogP contribution in [0.3, 0.4) is 0 Å². The molecule has 0 atom stereocenters. The summed E-state index contributed by atoms with van der Waals surface area (Å²) in [5, 5.41) is 16.3. The Hall–Kier alpha value is -3.70. The van der Waals surface area contributed by atoms with E-state index in [2.05, 4.69) is 16.5 Å². The zero-order valence-corrected chi connectivity index (χ0v) is 15.7. The van der Waals surface area contributed by atoms with E-state index in [1.54, 1.807) is 30.3 Å². The number of rotatable bonds is 3. The van der Waals surface area contributed by atoms with Gasteiger partial charge < -0.3 is 10.2 Å². The van der Waals surface area contributed by atoms with Crippen LogP contribution in [-0.2, 0) is 4.79 Å². The fourth-order valence-corrected chi connectivity index (χ4v) is 3.29. The predicted molar refractivity (Wildman–Crippen MR) is 103 cm³/mol. The lowest BCUT2D eigenvalue weighted by Gasteiger charge is -2.10. The number of nitrogens with zero attached hydrogens (tertiary/aromatic N) is 4. The van der Waals surface area contributed by atoms with Crippen molar-refractivity contribution < 1.29 is 14.0 Å². The highest BCUT2D eigenvalue weighted by molar-refractivity contribution is 6.30. The van der Waals surface area contributed by atoms with Gasteiger partial charge in [0, 0.05) is 10.6 Å². The van der Waals surface area contributed by atoms with Gasteiger partial charge >= 0.3 is 0 Å². The Morgan fingerprint density at radius 3 is 2.76 bits per heavy atom. The Morgan fingerprint density at radius 1 is 1.24 bits per heavy atom. The van der Waals surface area contributed by atoms with Crippen molar-refractivity contribution in [1.29, 1.82) is 5.26 Å². The summed E-state index contributed by atoms with van der Waals surface area (Å²) in [6.07, 6.45) is 0. The molecule has 0 bridgehead atoms. The molecule has 1 N–H and O–H groups in total. The van der Waals surface area contributed by atoms with Gasteiger partial charge in [-0.15, -0.1) is 0 Å². The molecular formula is C20H13ClFN5O2. The molecule has 1 aromatic heterocycles. The number of carbonyl (C=O) groups excluding carboxylic acids is 2. The first kappa shape index (κ1) is 18.7. The SMILES string of the molecule is N#Cc1cccc(-n2nc(C(=O)N3CNC(=O)C3)cc2-c2cc(F)cc(Cl)c2)c1. The lowest BCUT2D eigenvalue weighted by Crippen LogP contribution is -2.30. The summed E-state index contributed by atoms with van der Waals surface area (Å²) in [5.74, 6) is -1.23. The van der Waals surface area contributed by atoms with E-state index in [1.807, 2.05) is 0 Å². The number of aromatic nitrogens is 2. The third-order valence-electron chi connectivity index (χ3n) is 4.40. The molecule has 0 unspecified atom stereocenters. The fraction of sp³-hybridized carbons (Fsp3) is 0.100. The summed E-state index contributed by atoms with van der Waals surface area (Å²) >= 11 is 6.00. The monoisotopic (exact) mass is 409 g/mol. The normalized spacial score (nSPS) is 13.3. The molecule has 1 aliphatic rings. The highest BCUT2D eigenvalue weighted by Crippen LogP contribution is 2.28. The van der Waals surface area contributed by atoms with Crippen LogP contribution < -0.4 is 5.32 Å². The molecule has 29 heavy (non-hydrogen) atoms. The van der Waals surface area contributed by atoms with Crippen molar-refractivity contribution in [3.05, 3.63) is 70.6 Å². The zero-order chi connectivity index (χ0) is 20.5. The molecule has 3 aromatic rings. The van der Waals surface area contributed by atoms with Crippen molar-refractivity contribution in [2.45, 2.75) is 0 Å². The number of nitrogens with one attached hydrogen (secondary N) is 1. The molecule has 0 spiro atoms. The third kappa shape index (κ3) is 3.68. The molecule has 4 rings (SSSR count). The lowest BCUT2D eigenvalue weighted by atomic mass is 10.1. The first-order valence-electron chi connectivity index (χ1n) is 8.57. The van der Waals surface area contributed by atoms with Crippen LogP contribution >= 0.6 is 11.6 Å². The summed E-state index contributed by atoms with van der Waals surface area (Å²) in [4.78, 5) is 25.5. The maximum absolute atomic E-state index is 13.9. The molecule has 1 saturated heterocycles. The van der Waals surface area contributed by atoms with Crippen molar-refractivity contribution in [2.75, 3.05) is 13.2 Å². The van der Waals surface area contributed by atoms with Crippen LogP contribution in [0.15, 0.2) is 48.5 Å². The van der Waals surface area contributed by atoms with E-state index in [-0.39, 0.29) is 29.8 Å². The Morgan fingerprint density at radius 2 is 2.07 bits per heavy atom. The molecule has 1 aliphatic heterocycles. The summed E-state index contributed by atoms with van der Waals surface area (Å²) in [6, 6.07) is 14.2. The number of halogens is 2. The van der Waals surface area contributed by atoms with E-state index in [9.17, 15) is 19.2 Å². The van der Waals surface area contributed by atoms with Gasteiger partial charge in [-0.25, -0.2) is 9.07 Å². The Kier molecular flexibility index (Phi) is 4.74. The number of hydrogen-bond donors (Lipinski definition) is 1. The minimum Gasteiger partial charge on any atom is -0.337 e. The summed E-state index contributed by atoms with van der Waals surface area (Å²) in [5.41, 5.74) is 1.85. The second-order valence-electron chi connectivity index (χ2n) is 6.41. The zero-order valence-electron chi connectivity index (χ0n) is 14.9. The number of amides is 2. The molecule has 2 aromatic carbocycles. The minimum atomic E-state index is -0.534. The lowest BCUT2D eigenvalue weighted by molar-refractivity contribution is -0.118. The maximum atomic E-state index is 13.9. The van der Waals surface area contributed by atoms with Gasteiger partial charge in [0.1, 0.15) is 12.4 Å². The van der Waals surface area contributed by atoms with Crippen LogP contribution in [0, 0.1) is 17.1 Å². The molecule has 2 amide bonds. The van der Waals surface area contributed by atoms with Crippen LogP contribution in [-0.4, -0.2) is 39.7 Å². The van der Waals surface area contributed by atoms with Crippen LogP contribution in [0.1, 0.15) is 16.1 Å². The van der Waals surface area contributed by atoms with E-state index in [1.165, 1.54) is 27.8 Å². The van der Waals surface area contributed by atoms with Crippen molar-refractivity contribution in [1.82, 2.24) is 20.0 Å². The minimum absolute atomic E-state index is 0.0588. The van der Waals surface area contributed by atoms with E-state index < -0.39 is 11.7 Å². The molecule has 0 radical (unpaired) electrons. The van der Waals surface area contributed by atoms with E-state index in [0.717, 1.165) is 0 Å². The largest absolute Gasteiger partial charge is 0.337 e. The Bertz CT molecular complexity index is 1160. The molecule has 1 fully saturated rings. The average molecular weight is 410 g/mol. The van der Waals surface area contributed by atoms with Gasteiger partial charge in [-0.3, -0.25) is 9.59 Å². The number of carbonyl (C=O) groups is 2. The molecule has 0 saturated carbocycles. The first-order chi connectivity index (χ1) is 13.9. The van der Waals surface area contributed by atoms with Crippen molar-refractivity contribution in [3.8, 4) is 23.0 Å². The first-order valence-corrected chi connectivity index (χ1v) is 8.95. The second-order valence-corrected chi connectivity index (χ2v) is 6.84. The molecule has 9 heteroatoms. The van der Waals surface area contributed by atoms with Gasteiger partial charge in [0.2, 0.25) is 5.91 Å². The third-order valence-corrected chi connectivity index (χ3v) is 4.61. The topological polar surface area (TPSA) is 91.0 Å². The van der Waals surface area contributed by atoms with Gasteiger partial charge in [0.25, 0.3) is 5.91 Å². The highest BCUT2D eigenvalue weighted by Gasteiger charge is 2.27. The number of nitriles is 1. The van der Waals surface area contributed by atoms with Crippen LogP contribution in [0.2, 0.25) is 5.02 Å². The van der Waals surface area contributed by atoms with Crippen LogP contribution in [0.4, 0.5) is 4.39 Å². The second kappa shape index (κ2) is 7.37. The number of benzene rings is 2. The molecule has 7 nitrogen and oxygen atoms in total. The molecule has 2 heterocycles. The quantitative estimate of drug-likeness (QED) is 0.720. The van der Waals surface area contributed by atoms with Crippen molar-refractivity contribution in [2.24, 2.45) is 0 Å². The average Bonchev–Trinajstić information content (AvgIpc) is 3.33. The van der Waals surface area contributed by atoms with E-state index in [4.69, 9.17) is 11.6 Å². The smallest absolute Gasteiger partial charge is 0.276 e. The Labute approximate surface area is 169 Å².